The zero-order valence-electron chi connectivity index (χ0n) is 8.11. The summed E-state index contributed by atoms with van der Waals surface area (Å²) in [6.45, 7) is 3.59. The second-order valence-electron chi connectivity index (χ2n) is 2.42. The number of ether oxygens (including phenoxy) is 1. The van der Waals surface area contributed by atoms with Crippen molar-refractivity contribution in [3.05, 3.63) is 21.9 Å². The topological polar surface area (TPSA) is 64.7 Å². The van der Waals surface area contributed by atoms with Gasteiger partial charge < -0.3 is 4.74 Å². The number of hydrogen-bond donors (Lipinski definition) is 0. The first kappa shape index (κ1) is 11.8. The Balaban J connectivity index is 4.56. The standard InChI is InChI=1S/C8H14N2O3/c1-4-5-8(10(11)12)7(2)9-6-13-3/h5H,4,6H2,1-3H3/b8-5+,9-7-. The Morgan fingerprint density at radius 3 is 2.69 bits per heavy atom. The van der Waals surface area contributed by atoms with Crippen molar-refractivity contribution in [3.8, 4) is 0 Å². The van der Waals surface area contributed by atoms with Gasteiger partial charge in [-0.15, -0.1) is 0 Å². The molecule has 0 rings (SSSR count). The van der Waals surface area contributed by atoms with Gasteiger partial charge in [-0.2, -0.15) is 0 Å². The Morgan fingerprint density at radius 1 is 1.69 bits per heavy atom. The number of nitrogens with zero attached hydrogens (tertiary/aromatic N) is 2. The number of methoxy groups -OCH3 is 1. The van der Waals surface area contributed by atoms with Gasteiger partial charge in [0.05, 0.1) is 4.92 Å². The van der Waals surface area contributed by atoms with E-state index >= 15 is 0 Å². The molecule has 0 unspecified atom stereocenters. The largest absolute Gasteiger partial charge is 0.363 e. The molecule has 0 aromatic rings. The van der Waals surface area contributed by atoms with E-state index in [0.29, 0.717) is 12.1 Å². The summed E-state index contributed by atoms with van der Waals surface area (Å²) < 4.78 is 4.68. The molecule has 0 N–H and O–H groups in total. The normalized spacial score (nSPS) is 13.2. The first-order chi connectivity index (χ1) is 6.13. The van der Waals surface area contributed by atoms with Crippen LogP contribution in [0.4, 0.5) is 0 Å². The Labute approximate surface area is 77.3 Å². The minimum atomic E-state index is -0.433. The van der Waals surface area contributed by atoms with E-state index in [-0.39, 0.29) is 12.4 Å². The molecule has 0 aliphatic heterocycles. The summed E-state index contributed by atoms with van der Waals surface area (Å²) >= 11 is 0. The lowest BCUT2D eigenvalue weighted by Gasteiger charge is -1.97. The molecule has 74 valence electrons. The molecule has 13 heavy (non-hydrogen) atoms. The molecular weight excluding hydrogens is 172 g/mol. The fourth-order valence-corrected chi connectivity index (χ4v) is 0.790. The van der Waals surface area contributed by atoms with Crippen molar-refractivity contribution in [2.24, 2.45) is 4.99 Å². The third-order valence-electron chi connectivity index (χ3n) is 1.40. The maximum Gasteiger partial charge on any atom is 0.286 e. The fraction of sp³-hybridized carbons (Fsp3) is 0.625. The Bertz CT molecular complexity index is 234. The third-order valence-corrected chi connectivity index (χ3v) is 1.40. The Hall–Kier alpha value is -1.23. The van der Waals surface area contributed by atoms with Crippen LogP contribution in [0, 0.1) is 10.1 Å². The lowest BCUT2D eigenvalue weighted by molar-refractivity contribution is -0.415. The van der Waals surface area contributed by atoms with Gasteiger partial charge in [-0.05, 0) is 19.4 Å². The van der Waals surface area contributed by atoms with Gasteiger partial charge in [-0.25, -0.2) is 0 Å². The maximum atomic E-state index is 10.5. The molecule has 5 heteroatoms. The molecule has 0 fully saturated rings. The van der Waals surface area contributed by atoms with Gasteiger partial charge in [0, 0.05) is 7.11 Å². The zero-order chi connectivity index (χ0) is 10.3. The van der Waals surface area contributed by atoms with Crippen LogP contribution in [0.25, 0.3) is 0 Å². The molecule has 0 bridgehead atoms. The summed E-state index contributed by atoms with van der Waals surface area (Å²) in [6.07, 6.45) is 2.16. The Morgan fingerprint density at radius 2 is 2.31 bits per heavy atom. The van der Waals surface area contributed by atoms with E-state index in [1.807, 2.05) is 6.92 Å². The van der Waals surface area contributed by atoms with Crippen LogP contribution in [0.1, 0.15) is 20.3 Å². The summed E-state index contributed by atoms with van der Waals surface area (Å²) in [5, 5.41) is 10.5. The van der Waals surface area contributed by atoms with E-state index in [1.54, 1.807) is 6.92 Å². The second-order valence-corrected chi connectivity index (χ2v) is 2.42. The lowest BCUT2D eigenvalue weighted by Crippen LogP contribution is -2.09. The minimum Gasteiger partial charge on any atom is -0.363 e. The second kappa shape index (κ2) is 6.30. The highest BCUT2D eigenvalue weighted by Gasteiger charge is 2.12. The highest BCUT2D eigenvalue weighted by molar-refractivity contribution is 5.95. The first-order valence-corrected chi connectivity index (χ1v) is 3.98. The van der Waals surface area contributed by atoms with Crippen LogP contribution in [0.5, 0.6) is 0 Å². The number of aliphatic imine (C=N–C) groups is 1. The van der Waals surface area contributed by atoms with Gasteiger partial charge in [0.1, 0.15) is 12.4 Å². The van der Waals surface area contributed by atoms with Gasteiger partial charge in [-0.1, -0.05) is 6.92 Å². The molecule has 0 heterocycles. The summed E-state index contributed by atoms with van der Waals surface area (Å²) in [6, 6.07) is 0. The van der Waals surface area contributed by atoms with Crippen molar-refractivity contribution in [1.82, 2.24) is 0 Å². The summed E-state index contributed by atoms with van der Waals surface area (Å²) in [4.78, 5) is 13.9. The highest BCUT2D eigenvalue weighted by Crippen LogP contribution is 2.01. The van der Waals surface area contributed by atoms with Crippen LogP contribution in [0.2, 0.25) is 0 Å². The van der Waals surface area contributed by atoms with Gasteiger partial charge in [-0.3, -0.25) is 15.1 Å². The van der Waals surface area contributed by atoms with E-state index in [9.17, 15) is 10.1 Å². The summed E-state index contributed by atoms with van der Waals surface area (Å²) in [5.41, 5.74) is 0.452. The van der Waals surface area contributed by atoms with E-state index < -0.39 is 4.92 Å². The quantitative estimate of drug-likeness (QED) is 0.372. The van der Waals surface area contributed by atoms with Gasteiger partial charge in [0.2, 0.25) is 0 Å². The average molecular weight is 186 g/mol. The van der Waals surface area contributed by atoms with E-state index in [1.165, 1.54) is 13.2 Å². The molecule has 0 saturated carbocycles. The molecule has 0 aliphatic rings. The summed E-state index contributed by atoms with van der Waals surface area (Å²) in [5.74, 6) is 0. The van der Waals surface area contributed by atoms with E-state index in [0.717, 1.165) is 0 Å². The Kier molecular flexibility index (Phi) is 5.71. The van der Waals surface area contributed by atoms with Gasteiger partial charge in [0.25, 0.3) is 5.70 Å². The molecule has 0 aromatic carbocycles. The molecule has 0 amide bonds. The van der Waals surface area contributed by atoms with E-state index in [2.05, 4.69) is 9.73 Å². The van der Waals surface area contributed by atoms with Crippen molar-refractivity contribution in [2.75, 3.05) is 13.8 Å². The number of rotatable bonds is 5. The van der Waals surface area contributed by atoms with E-state index in [4.69, 9.17) is 0 Å². The van der Waals surface area contributed by atoms with Crippen molar-refractivity contribution in [2.45, 2.75) is 20.3 Å². The van der Waals surface area contributed by atoms with Gasteiger partial charge in [0.15, 0.2) is 0 Å². The fourth-order valence-electron chi connectivity index (χ4n) is 0.790. The van der Waals surface area contributed by atoms with Crippen molar-refractivity contribution < 1.29 is 9.66 Å². The smallest absolute Gasteiger partial charge is 0.286 e. The number of allylic oxidation sites excluding steroid dienone is 2. The van der Waals surface area contributed by atoms with Crippen molar-refractivity contribution in [3.63, 3.8) is 0 Å². The zero-order valence-corrected chi connectivity index (χ0v) is 8.11. The third kappa shape index (κ3) is 4.37. The molecule has 0 atom stereocenters. The van der Waals surface area contributed by atoms with Crippen LogP contribution in [-0.2, 0) is 4.74 Å². The predicted molar refractivity (Wildman–Crippen MR) is 50.4 cm³/mol. The van der Waals surface area contributed by atoms with Crippen LogP contribution in [0.3, 0.4) is 0 Å². The molecule has 0 aliphatic carbocycles. The molecular formula is C8H14N2O3. The number of hydrogen-bond acceptors (Lipinski definition) is 4. The van der Waals surface area contributed by atoms with Gasteiger partial charge >= 0.3 is 0 Å². The SMILES string of the molecule is CC/C=C(\C(C)=N/COC)[N+](=O)[O-]. The minimum absolute atomic E-state index is 0.0551. The lowest BCUT2D eigenvalue weighted by atomic mass is 10.2. The molecule has 0 aromatic heterocycles. The monoisotopic (exact) mass is 186 g/mol. The molecule has 5 nitrogen and oxygen atoms in total. The van der Waals surface area contributed by atoms with Crippen LogP contribution in [-0.4, -0.2) is 24.5 Å². The predicted octanol–water partition coefficient (Wildman–Crippen LogP) is 1.62. The number of nitro groups is 1. The average Bonchev–Trinajstić information content (AvgIpc) is 2.09. The first-order valence-electron chi connectivity index (χ1n) is 3.98. The maximum absolute atomic E-state index is 10.5. The summed E-state index contributed by atoms with van der Waals surface area (Å²) in [7, 11) is 1.49. The molecule has 0 radical (unpaired) electrons. The van der Waals surface area contributed by atoms with Crippen molar-refractivity contribution in [1.29, 1.82) is 0 Å². The van der Waals surface area contributed by atoms with Crippen LogP contribution >= 0.6 is 0 Å². The van der Waals surface area contributed by atoms with Crippen LogP contribution < -0.4 is 0 Å². The van der Waals surface area contributed by atoms with Crippen LogP contribution in [0.15, 0.2) is 16.8 Å². The molecule has 0 spiro atoms. The molecule has 0 saturated heterocycles. The van der Waals surface area contributed by atoms with Crippen molar-refractivity contribution >= 4 is 5.71 Å². The highest BCUT2D eigenvalue weighted by atomic mass is 16.6.